The van der Waals surface area contributed by atoms with Crippen molar-refractivity contribution in [3.8, 4) is 11.1 Å². The number of Topliss-reactive ketones (excluding diaryl/α,β-unsaturated/α-hetero) is 1. The van der Waals surface area contributed by atoms with E-state index in [1.807, 2.05) is 6.92 Å². The molecule has 3 N–H and O–H groups in total. The van der Waals surface area contributed by atoms with Crippen LogP contribution in [-0.4, -0.2) is 93.2 Å². The number of ketones is 1. The molecule has 15 heteroatoms. The average molecular weight is 773 g/mol. The topological polar surface area (TPSA) is 204 Å². The van der Waals surface area contributed by atoms with E-state index in [0.29, 0.717) is 34.7 Å². The van der Waals surface area contributed by atoms with E-state index < -0.39 is 42.6 Å². The number of ether oxygens (including phenoxy) is 6. The number of aromatic nitrogens is 1. The lowest BCUT2D eigenvalue weighted by Gasteiger charge is -2.18. The molecule has 1 aliphatic rings. The molecule has 0 saturated heterocycles. The van der Waals surface area contributed by atoms with Crippen molar-refractivity contribution in [1.29, 1.82) is 0 Å². The first-order valence-corrected chi connectivity index (χ1v) is 18.0. The highest BCUT2D eigenvalue weighted by atomic mass is 16.8. The van der Waals surface area contributed by atoms with Crippen molar-refractivity contribution in [2.24, 2.45) is 16.6 Å². The first kappa shape index (κ1) is 42.8. The lowest BCUT2D eigenvalue weighted by molar-refractivity contribution is -0.0868. The monoisotopic (exact) mass is 772 g/mol. The number of aliphatic imine (C=N–C) groups is 1. The van der Waals surface area contributed by atoms with Gasteiger partial charge in [-0.15, -0.1) is 0 Å². The summed E-state index contributed by atoms with van der Waals surface area (Å²) in [6.07, 6.45) is -0.877. The Bertz CT molecular complexity index is 1950. The number of esters is 1. The Morgan fingerprint density at radius 1 is 0.929 bits per heavy atom. The molecule has 4 rings (SSSR count). The number of nitrogens with zero attached hydrogens (tertiary/aromatic N) is 2. The van der Waals surface area contributed by atoms with Gasteiger partial charge in [-0.05, 0) is 80.0 Å². The Balaban J connectivity index is 1.65. The zero-order valence-corrected chi connectivity index (χ0v) is 32.4. The molecule has 1 aliphatic carbocycles. The van der Waals surface area contributed by atoms with Crippen LogP contribution in [0.4, 0.5) is 9.59 Å². The van der Waals surface area contributed by atoms with Crippen LogP contribution in [-0.2, 0) is 34.8 Å². The second-order valence-corrected chi connectivity index (χ2v) is 13.4. The summed E-state index contributed by atoms with van der Waals surface area (Å²) in [5, 5.41) is 2.84. The smallest absolute Gasteiger partial charge is 0.440 e. The van der Waals surface area contributed by atoms with Crippen LogP contribution in [0.1, 0.15) is 87.2 Å². The van der Waals surface area contributed by atoms with Gasteiger partial charge in [-0.3, -0.25) is 9.59 Å². The molecule has 1 saturated carbocycles. The highest BCUT2D eigenvalue weighted by Crippen LogP contribution is 2.32. The molecule has 0 bridgehead atoms. The quantitative estimate of drug-likeness (QED) is 0.0390. The van der Waals surface area contributed by atoms with Gasteiger partial charge >= 0.3 is 18.2 Å². The van der Waals surface area contributed by atoms with Gasteiger partial charge in [0, 0.05) is 50.8 Å². The SMILES string of the molecule is C=Cc1cc(C(=O)Cc2ccc(C(N)=NC(=O)OC(COC)COC)cc2)c(-c2ccc(C(=O)NCC3CC3)nc2C(=O)OC(C)OC(=O)OC(C)C)cc1C. The van der Waals surface area contributed by atoms with Crippen LogP contribution in [0.5, 0.6) is 0 Å². The second-order valence-electron chi connectivity index (χ2n) is 13.4. The minimum atomic E-state index is -1.38. The van der Waals surface area contributed by atoms with E-state index in [-0.39, 0.29) is 53.8 Å². The summed E-state index contributed by atoms with van der Waals surface area (Å²) in [5.41, 5.74) is 9.02. The van der Waals surface area contributed by atoms with Crippen LogP contribution in [0.25, 0.3) is 17.2 Å². The number of hydrogen-bond donors (Lipinski definition) is 2. The molecule has 298 valence electrons. The van der Waals surface area contributed by atoms with Crippen molar-refractivity contribution >= 4 is 41.8 Å². The number of carbonyl (C=O) groups excluding carboxylic acids is 5. The Hall–Kier alpha value is -5.93. The number of amides is 2. The number of amidine groups is 1. The molecule has 56 heavy (non-hydrogen) atoms. The fourth-order valence-electron chi connectivity index (χ4n) is 5.49. The summed E-state index contributed by atoms with van der Waals surface area (Å²) in [4.78, 5) is 73.6. The van der Waals surface area contributed by atoms with E-state index in [9.17, 15) is 24.0 Å². The Labute approximate surface area is 325 Å². The molecule has 0 radical (unpaired) electrons. The molecule has 15 nitrogen and oxygen atoms in total. The summed E-state index contributed by atoms with van der Waals surface area (Å²) in [7, 11) is 2.93. The largest absolute Gasteiger partial charge is 0.511 e. The number of methoxy groups -OCH3 is 2. The molecule has 1 heterocycles. The minimum Gasteiger partial charge on any atom is -0.440 e. The van der Waals surface area contributed by atoms with Gasteiger partial charge in [0.25, 0.3) is 5.91 Å². The molecule has 1 unspecified atom stereocenters. The summed E-state index contributed by atoms with van der Waals surface area (Å²) in [5.74, 6) is -1.49. The third-order valence-corrected chi connectivity index (χ3v) is 8.45. The van der Waals surface area contributed by atoms with Gasteiger partial charge < -0.3 is 39.5 Å². The Morgan fingerprint density at radius 2 is 1.61 bits per heavy atom. The van der Waals surface area contributed by atoms with Crippen LogP contribution < -0.4 is 11.1 Å². The summed E-state index contributed by atoms with van der Waals surface area (Å²) in [6, 6.07) is 13.0. The molecule has 3 aromatic rings. The normalized spacial score (nSPS) is 13.2. The van der Waals surface area contributed by atoms with Crippen LogP contribution >= 0.6 is 0 Å². The van der Waals surface area contributed by atoms with E-state index in [0.717, 1.165) is 18.4 Å². The molecule has 0 spiro atoms. The fourth-order valence-corrected chi connectivity index (χ4v) is 5.49. The van der Waals surface area contributed by atoms with Gasteiger partial charge in [-0.2, -0.15) is 4.99 Å². The van der Waals surface area contributed by atoms with Crippen LogP contribution in [0.15, 0.2) is 60.1 Å². The van der Waals surface area contributed by atoms with E-state index >= 15 is 0 Å². The van der Waals surface area contributed by atoms with E-state index in [1.165, 1.54) is 33.3 Å². The maximum atomic E-state index is 14.1. The molecule has 1 aromatic heterocycles. The van der Waals surface area contributed by atoms with Crippen molar-refractivity contribution in [1.82, 2.24) is 10.3 Å². The number of nitrogens with one attached hydrogen (secondary N) is 1. The number of aryl methyl sites for hydroxylation is 1. The van der Waals surface area contributed by atoms with Crippen molar-refractivity contribution in [2.45, 2.75) is 65.5 Å². The summed E-state index contributed by atoms with van der Waals surface area (Å²) in [6.45, 7) is 11.0. The van der Waals surface area contributed by atoms with Gasteiger partial charge in [-0.1, -0.05) is 43.0 Å². The molecule has 2 aromatic carbocycles. The van der Waals surface area contributed by atoms with Crippen molar-refractivity contribution < 1.29 is 52.4 Å². The highest BCUT2D eigenvalue weighted by Gasteiger charge is 2.27. The van der Waals surface area contributed by atoms with Gasteiger partial charge in [0.2, 0.25) is 6.29 Å². The lowest BCUT2D eigenvalue weighted by Crippen LogP contribution is -2.28. The predicted octanol–water partition coefficient (Wildman–Crippen LogP) is 5.83. The average Bonchev–Trinajstić information content (AvgIpc) is 3.98. The standard InChI is InChI=1S/C41H48N4O11/c1-8-28-19-33(35(46)18-26-11-13-29(14-12-26)37(42)45-40(49)56-30(21-51-6)22-52-7)32(17-24(28)4)31-15-16-34(38(47)43-20-27-9-10-27)44-36(31)39(48)54-25(5)55-41(50)53-23(2)3/h8,11-17,19,23,25,27,30H,1,9-10,18,20-22H2,2-7H3,(H,43,47)(H2,42,45,49). The van der Waals surface area contributed by atoms with E-state index in [2.05, 4.69) is 21.9 Å². The van der Waals surface area contributed by atoms with Crippen LogP contribution in [0.3, 0.4) is 0 Å². The molecule has 1 atom stereocenters. The molecule has 0 aliphatic heterocycles. The molecule has 2 amide bonds. The third kappa shape index (κ3) is 12.3. The number of benzene rings is 2. The summed E-state index contributed by atoms with van der Waals surface area (Å²) >= 11 is 0. The maximum absolute atomic E-state index is 14.1. The Morgan fingerprint density at radius 3 is 2.21 bits per heavy atom. The van der Waals surface area contributed by atoms with Crippen molar-refractivity contribution in [2.75, 3.05) is 34.0 Å². The summed E-state index contributed by atoms with van der Waals surface area (Å²) < 4.78 is 30.8. The van der Waals surface area contributed by atoms with E-state index in [1.54, 1.807) is 56.3 Å². The minimum absolute atomic E-state index is 0.0395. The number of rotatable bonds is 18. The zero-order valence-electron chi connectivity index (χ0n) is 32.4. The maximum Gasteiger partial charge on any atom is 0.511 e. The van der Waals surface area contributed by atoms with Gasteiger partial charge in [0.1, 0.15) is 11.5 Å². The number of pyridine rings is 1. The second kappa shape index (κ2) is 20.1. The van der Waals surface area contributed by atoms with E-state index in [4.69, 9.17) is 34.2 Å². The first-order valence-electron chi connectivity index (χ1n) is 18.0. The third-order valence-electron chi connectivity index (χ3n) is 8.45. The van der Waals surface area contributed by atoms with Crippen molar-refractivity contribution in [3.05, 3.63) is 94.3 Å². The van der Waals surface area contributed by atoms with Crippen LogP contribution in [0, 0.1) is 12.8 Å². The number of carbonyl (C=O) groups is 5. The molecular formula is C41H48N4O11. The van der Waals surface area contributed by atoms with Gasteiger partial charge in [0.05, 0.1) is 19.3 Å². The fraction of sp³-hybridized carbons (Fsp3) is 0.390. The van der Waals surface area contributed by atoms with Gasteiger partial charge in [0.15, 0.2) is 17.6 Å². The Kier molecular flexibility index (Phi) is 15.4. The van der Waals surface area contributed by atoms with Crippen LogP contribution in [0.2, 0.25) is 0 Å². The van der Waals surface area contributed by atoms with Gasteiger partial charge in [-0.25, -0.2) is 19.4 Å². The predicted molar refractivity (Wildman–Crippen MR) is 206 cm³/mol. The number of hydrogen-bond acceptors (Lipinski definition) is 12. The van der Waals surface area contributed by atoms with Crippen molar-refractivity contribution in [3.63, 3.8) is 0 Å². The molecule has 1 fully saturated rings. The number of nitrogens with two attached hydrogens (primary N) is 1. The zero-order chi connectivity index (χ0) is 40.9. The molecular weight excluding hydrogens is 724 g/mol. The lowest BCUT2D eigenvalue weighted by atomic mass is 9.89. The highest BCUT2D eigenvalue weighted by molar-refractivity contribution is 6.07. The first-order chi connectivity index (χ1) is 26.7.